The maximum absolute atomic E-state index is 11.9. The van der Waals surface area contributed by atoms with E-state index < -0.39 is 0 Å². The number of methoxy groups -OCH3 is 1. The first-order valence-corrected chi connectivity index (χ1v) is 7.90. The lowest BCUT2D eigenvalue weighted by atomic mass is 10.2. The summed E-state index contributed by atoms with van der Waals surface area (Å²) in [6.07, 6.45) is 1.34. The third kappa shape index (κ3) is 4.02. The zero-order valence-corrected chi connectivity index (χ0v) is 15.1. The molecule has 0 radical (unpaired) electrons. The third-order valence-electron chi connectivity index (χ3n) is 2.91. The molecule has 3 N–H and O–H groups in total. The van der Waals surface area contributed by atoms with E-state index in [9.17, 15) is 15.0 Å². The number of benzene rings is 2. The minimum Gasteiger partial charge on any atom is -0.504 e. The second kappa shape index (κ2) is 7.47. The highest BCUT2D eigenvalue weighted by molar-refractivity contribution is 9.13. The smallest absolute Gasteiger partial charge is 0.271 e. The molecule has 0 spiro atoms. The van der Waals surface area contributed by atoms with Crippen LogP contribution in [0.2, 0.25) is 0 Å². The average molecular weight is 444 g/mol. The fraction of sp³-hybridized carbons (Fsp3) is 0.0667. The lowest BCUT2D eigenvalue weighted by Gasteiger charge is -2.06. The number of hydrogen-bond donors (Lipinski definition) is 3. The number of ether oxygens (including phenoxy) is 1. The summed E-state index contributed by atoms with van der Waals surface area (Å²) in [5, 5.41) is 23.0. The molecular formula is C15H12Br2N2O4. The molecular weight excluding hydrogens is 432 g/mol. The first-order valence-electron chi connectivity index (χ1n) is 6.31. The van der Waals surface area contributed by atoms with Crippen molar-refractivity contribution in [3.63, 3.8) is 0 Å². The zero-order valence-electron chi connectivity index (χ0n) is 11.9. The molecule has 0 saturated carbocycles. The monoisotopic (exact) mass is 442 g/mol. The van der Waals surface area contributed by atoms with Gasteiger partial charge in [0.1, 0.15) is 5.75 Å². The van der Waals surface area contributed by atoms with Crippen LogP contribution in [0.4, 0.5) is 0 Å². The molecule has 2 aromatic carbocycles. The van der Waals surface area contributed by atoms with Gasteiger partial charge >= 0.3 is 0 Å². The molecule has 0 fully saturated rings. The van der Waals surface area contributed by atoms with E-state index in [1.165, 1.54) is 12.3 Å². The summed E-state index contributed by atoms with van der Waals surface area (Å²) >= 11 is 6.39. The molecule has 1 amide bonds. The summed E-state index contributed by atoms with van der Waals surface area (Å²) in [4.78, 5) is 11.9. The van der Waals surface area contributed by atoms with Gasteiger partial charge in [0, 0.05) is 15.6 Å². The van der Waals surface area contributed by atoms with Crippen LogP contribution in [0.5, 0.6) is 17.2 Å². The van der Waals surface area contributed by atoms with Crippen LogP contribution in [0.3, 0.4) is 0 Å². The molecule has 0 heterocycles. The fourth-order valence-corrected chi connectivity index (χ4v) is 2.52. The maximum atomic E-state index is 11.9. The van der Waals surface area contributed by atoms with Crippen molar-refractivity contribution in [1.29, 1.82) is 0 Å². The predicted octanol–water partition coefficient (Wildman–Crippen LogP) is 3.40. The number of phenolic OH excluding ortho intramolecular Hbond substituents is 2. The van der Waals surface area contributed by atoms with Gasteiger partial charge in [-0.05, 0) is 62.2 Å². The van der Waals surface area contributed by atoms with Crippen LogP contribution in [0.15, 0.2) is 44.4 Å². The molecule has 0 saturated heterocycles. The minimum atomic E-state index is -0.387. The van der Waals surface area contributed by atoms with E-state index in [1.807, 2.05) is 0 Å². The molecule has 23 heavy (non-hydrogen) atoms. The Labute approximate surface area is 149 Å². The van der Waals surface area contributed by atoms with Crippen molar-refractivity contribution in [2.75, 3.05) is 7.11 Å². The van der Waals surface area contributed by atoms with E-state index in [0.717, 1.165) is 0 Å². The zero-order chi connectivity index (χ0) is 17.0. The number of amides is 1. The van der Waals surface area contributed by atoms with Crippen LogP contribution in [-0.4, -0.2) is 29.4 Å². The van der Waals surface area contributed by atoms with E-state index >= 15 is 0 Å². The highest BCUT2D eigenvalue weighted by Crippen LogP contribution is 2.40. The maximum Gasteiger partial charge on any atom is 0.271 e. The van der Waals surface area contributed by atoms with E-state index in [4.69, 9.17) is 4.74 Å². The molecule has 0 aliphatic carbocycles. The lowest BCUT2D eigenvalue weighted by molar-refractivity contribution is 0.0955. The lowest BCUT2D eigenvalue weighted by Crippen LogP contribution is -2.17. The first-order chi connectivity index (χ1) is 10.9. The number of halogens is 2. The average Bonchev–Trinajstić information content (AvgIpc) is 2.57. The highest BCUT2D eigenvalue weighted by atomic mass is 79.9. The van der Waals surface area contributed by atoms with Gasteiger partial charge in [-0.25, -0.2) is 5.43 Å². The Balaban J connectivity index is 2.11. The van der Waals surface area contributed by atoms with Crippen molar-refractivity contribution in [3.8, 4) is 17.2 Å². The number of aromatic hydroxyl groups is 2. The molecule has 0 aliphatic rings. The SMILES string of the molecule is COc1ccc(C(=O)N/N=C\c2cc(O)c(O)c(Br)c2Br)cc1. The topological polar surface area (TPSA) is 91.2 Å². The molecule has 0 atom stereocenters. The predicted molar refractivity (Wildman–Crippen MR) is 93.2 cm³/mol. The van der Waals surface area contributed by atoms with Crippen LogP contribution in [-0.2, 0) is 0 Å². The van der Waals surface area contributed by atoms with E-state index in [1.54, 1.807) is 31.4 Å². The van der Waals surface area contributed by atoms with Gasteiger partial charge in [0.05, 0.1) is 17.8 Å². The Morgan fingerprint density at radius 1 is 1.22 bits per heavy atom. The Kier molecular flexibility index (Phi) is 5.62. The summed E-state index contributed by atoms with van der Waals surface area (Å²) in [6, 6.07) is 7.88. The number of hydrazone groups is 1. The molecule has 0 unspecified atom stereocenters. The van der Waals surface area contributed by atoms with Crippen molar-refractivity contribution in [2.45, 2.75) is 0 Å². The van der Waals surface area contributed by atoms with Gasteiger partial charge in [-0.3, -0.25) is 4.79 Å². The largest absolute Gasteiger partial charge is 0.504 e. The number of phenols is 2. The highest BCUT2D eigenvalue weighted by Gasteiger charge is 2.12. The number of carbonyl (C=O) groups excluding carboxylic acids is 1. The third-order valence-corrected chi connectivity index (χ3v) is 5.07. The normalized spacial score (nSPS) is 10.7. The molecule has 120 valence electrons. The second-order valence-corrected chi connectivity index (χ2v) is 5.98. The number of nitrogens with zero attached hydrogens (tertiary/aromatic N) is 1. The summed E-state index contributed by atoms with van der Waals surface area (Å²) in [5.41, 5.74) is 3.28. The molecule has 2 rings (SSSR count). The summed E-state index contributed by atoms with van der Waals surface area (Å²) in [5.74, 6) is -0.320. The van der Waals surface area contributed by atoms with Gasteiger partial charge in [0.15, 0.2) is 11.5 Å². The van der Waals surface area contributed by atoms with Gasteiger partial charge in [-0.15, -0.1) is 0 Å². The summed E-state index contributed by atoms with van der Waals surface area (Å²) in [6.45, 7) is 0. The number of hydrogen-bond acceptors (Lipinski definition) is 5. The van der Waals surface area contributed by atoms with Crippen molar-refractivity contribution < 1.29 is 19.7 Å². The summed E-state index contributed by atoms with van der Waals surface area (Å²) in [7, 11) is 1.54. The Morgan fingerprint density at radius 2 is 1.87 bits per heavy atom. The number of rotatable bonds is 4. The van der Waals surface area contributed by atoms with Gasteiger partial charge in [-0.2, -0.15) is 5.10 Å². The Hall–Kier alpha value is -2.06. The van der Waals surface area contributed by atoms with Crippen LogP contribution in [0, 0.1) is 0 Å². The molecule has 0 aliphatic heterocycles. The first kappa shape index (κ1) is 17.3. The second-order valence-electron chi connectivity index (χ2n) is 4.39. The van der Waals surface area contributed by atoms with Crippen molar-refractivity contribution >= 4 is 44.0 Å². The molecule has 6 nitrogen and oxygen atoms in total. The summed E-state index contributed by atoms with van der Waals surface area (Å²) < 4.78 is 5.81. The van der Waals surface area contributed by atoms with Crippen molar-refractivity contribution in [3.05, 3.63) is 50.4 Å². The number of nitrogens with one attached hydrogen (secondary N) is 1. The van der Waals surface area contributed by atoms with E-state index in [-0.39, 0.29) is 17.4 Å². The number of carbonyl (C=O) groups is 1. The fourth-order valence-electron chi connectivity index (χ4n) is 1.68. The van der Waals surface area contributed by atoms with E-state index in [0.29, 0.717) is 25.8 Å². The molecule has 0 bridgehead atoms. The van der Waals surface area contributed by atoms with Crippen LogP contribution >= 0.6 is 31.9 Å². The van der Waals surface area contributed by atoms with Gasteiger partial charge in [-0.1, -0.05) is 0 Å². The molecule has 2 aromatic rings. The van der Waals surface area contributed by atoms with Crippen LogP contribution in [0.25, 0.3) is 0 Å². The Morgan fingerprint density at radius 3 is 2.48 bits per heavy atom. The van der Waals surface area contributed by atoms with Crippen LogP contribution in [0.1, 0.15) is 15.9 Å². The van der Waals surface area contributed by atoms with Crippen molar-refractivity contribution in [2.24, 2.45) is 5.10 Å². The van der Waals surface area contributed by atoms with Crippen LogP contribution < -0.4 is 10.2 Å². The Bertz CT molecular complexity index is 761. The van der Waals surface area contributed by atoms with Gasteiger partial charge < -0.3 is 14.9 Å². The quantitative estimate of drug-likeness (QED) is 0.383. The van der Waals surface area contributed by atoms with Gasteiger partial charge in [0.25, 0.3) is 5.91 Å². The molecule has 0 aromatic heterocycles. The van der Waals surface area contributed by atoms with Gasteiger partial charge in [0.2, 0.25) is 0 Å². The van der Waals surface area contributed by atoms with Crippen molar-refractivity contribution in [1.82, 2.24) is 5.43 Å². The minimum absolute atomic E-state index is 0.281. The standard InChI is InChI=1S/C15H12Br2N2O4/c1-23-10-4-2-8(3-5-10)15(22)19-18-7-9-6-11(20)14(21)13(17)12(9)16/h2-7,20-21H,1H3,(H,19,22)/b18-7-. The van der Waals surface area contributed by atoms with E-state index in [2.05, 4.69) is 42.4 Å². The molecule has 8 heteroatoms.